The minimum atomic E-state index is -3.50. The number of nitrogens with zero attached hydrogens (tertiary/aromatic N) is 1. The van der Waals surface area contributed by atoms with Gasteiger partial charge in [-0.25, -0.2) is 8.42 Å². The zero-order chi connectivity index (χ0) is 15.8. The minimum absolute atomic E-state index is 0.107. The largest absolute Gasteiger partial charge is 0.370 e. The number of hydrogen-bond acceptors (Lipinski definition) is 4. The fourth-order valence-corrected chi connectivity index (χ4v) is 4.34. The van der Waals surface area contributed by atoms with Gasteiger partial charge in [0.25, 0.3) is 0 Å². The van der Waals surface area contributed by atoms with Gasteiger partial charge in [-0.3, -0.25) is 0 Å². The smallest absolute Gasteiger partial charge is 0.243 e. The molecule has 1 aliphatic rings. The number of sulfonamides is 1. The number of nitrogens with two attached hydrogens (primary N) is 1. The van der Waals surface area contributed by atoms with Crippen molar-refractivity contribution in [2.45, 2.75) is 50.3 Å². The van der Waals surface area contributed by atoms with Crippen LogP contribution in [0.25, 0.3) is 0 Å². The van der Waals surface area contributed by atoms with Crippen molar-refractivity contribution < 1.29 is 13.2 Å². The number of morpholine rings is 1. The molecule has 2 unspecified atom stereocenters. The highest BCUT2D eigenvalue weighted by Gasteiger charge is 2.37. The Bertz CT molecular complexity index is 594. The van der Waals surface area contributed by atoms with Crippen LogP contribution < -0.4 is 5.73 Å². The summed E-state index contributed by atoms with van der Waals surface area (Å²) in [6.45, 7) is 8.31. The molecule has 0 saturated carbocycles. The molecule has 1 aromatic rings. The Kier molecular flexibility index (Phi) is 4.44. The van der Waals surface area contributed by atoms with Crippen LogP contribution in [0.15, 0.2) is 29.2 Å². The summed E-state index contributed by atoms with van der Waals surface area (Å²) in [6.07, 6.45) is -0.119. The van der Waals surface area contributed by atoms with Crippen molar-refractivity contribution >= 4 is 10.0 Å². The summed E-state index contributed by atoms with van der Waals surface area (Å²) >= 11 is 0. The van der Waals surface area contributed by atoms with Crippen LogP contribution in [-0.2, 0) is 14.8 Å². The Labute approximate surface area is 127 Å². The van der Waals surface area contributed by atoms with E-state index >= 15 is 0 Å². The Hall–Kier alpha value is -0.950. The van der Waals surface area contributed by atoms with Crippen LogP contribution in [0.2, 0.25) is 0 Å². The van der Waals surface area contributed by atoms with Crippen LogP contribution in [0.1, 0.15) is 39.3 Å². The molecule has 0 radical (unpaired) electrons. The first-order valence-corrected chi connectivity index (χ1v) is 8.59. The van der Waals surface area contributed by atoms with Crippen LogP contribution in [0.5, 0.6) is 0 Å². The van der Waals surface area contributed by atoms with E-state index in [0.29, 0.717) is 18.0 Å². The molecule has 1 heterocycles. The Morgan fingerprint density at radius 1 is 1.33 bits per heavy atom. The van der Waals surface area contributed by atoms with Gasteiger partial charge in [-0.05, 0) is 45.4 Å². The van der Waals surface area contributed by atoms with Gasteiger partial charge in [-0.1, -0.05) is 12.1 Å². The van der Waals surface area contributed by atoms with Gasteiger partial charge in [-0.2, -0.15) is 4.31 Å². The quantitative estimate of drug-likeness (QED) is 0.925. The summed E-state index contributed by atoms with van der Waals surface area (Å²) in [5, 5.41) is 0. The minimum Gasteiger partial charge on any atom is -0.370 e. The highest BCUT2D eigenvalue weighted by molar-refractivity contribution is 7.89. The van der Waals surface area contributed by atoms with Crippen LogP contribution in [0.4, 0.5) is 0 Å². The van der Waals surface area contributed by atoms with E-state index in [1.807, 2.05) is 27.7 Å². The van der Waals surface area contributed by atoms with Crippen molar-refractivity contribution in [1.82, 2.24) is 4.31 Å². The van der Waals surface area contributed by atoms with Gasteiger partial charge in [-0.15, -0.1) is 0 Å². The lowest BCUT2D eigenvalue weighted by molar-refractivity contribution is -0.109. The standard InChI is InChI=1S/C15H24N2O3S/c1-11-9-17(10-15(3,4)20-11)21(18,19)14-7-5-13(6-8-14)12(2)16/h5-8,11-12H,9-10,16H2,1-4H3. The van der Waals surface area contributed by atoms with Gasteiger partial charge < -0.3 is 10.5 Å². The molecule has 2 atom stereocenters. The average molecular weight is 312 g/mol. The third-order valence-corrected chi connectivity index (χ3v) is 5.41. The molecule has 21 heavy (non-hydrogen) atoms. The van der Waals surface area contributed by atoms with E-state index in [1.165, 1.54) is 4.31 Å². The topological polar surface area (TPSA) is 72.6 Å². The molecule has 0 spiro atoms. The van der Waals surface area contributed by atoms with Gasteiger partial charge in [0, 0.05) is 19.1 Å². The first-order valence-electron chi connectivity index (χ1n) is 7.15. The van der Waals surface area contributed by atoms with Crippen molar-refractivity contribution in [2.75, 3.05) is 13.1 Å². The lowest BCUT2D eigenvalue weighted by Gasteiger charge is -2.40. The highest BCUT2D eigenvalue weighted by atomic mass is 32.2. The molecule has 1 aliphatic heterocycles. The molecule has 118 valence electrons. The summed E-state index contributed by atoms with van der Waals surface area (Å²) in [6, 6.07) is 6.69. The maximum atomic E-state index is 12.7. The third-order valence-electron chi connectivity index (χ3n) is 3.58. The molecule has 5 nitrogen and oxygen atoms in total. The summed E-state index contributed by atoms with van der Waals surface area (Å²) < 4.78 is 32.7. The first-order chi connectivity index (χ1) is 9.62. The van der Waals surface area contributed by atoms with Gasteiger partial charge in [0.15, 0.2) is 0 Å². The molecule has 0 aliphatic carbocycles. The summed E-state index contributed by atoms with van der Waals surface area (Å²) in [4.78, 5) is 0.303. The second-order valence-electron chi connectivity index (χ2n) is 6.34. The van der Waals surface area contributed by atoms with Crippen molar-refractivity contribution in [3.8, 4) is 0 Å². The van der Waals surface area contributed by atoms with E-state index < -0.39 is 15.6 Å². The molecule has 2 N–H and O–H groups in total. The third kappa shape index (κ3) is 3.63. The SMILES string of the molecule is CC1CN(S(=O)(=O)c2ccc(C(C)N)cc2)CC(C)(C)O1. The van der Waals surface area contributed by atoms with Crippen LogP contribution >= 0.6 is 0 Å². The molecule has 0 bridgehead atoms. The fourth-order valence-electron chi connectivity index (χ4n) is 2.67. The second kappa shape index (κ2) is 5.68. The number of benzene rings is 1. The molecule has 6 heteroatoms. The molecule has 1 saturated heterocycles. The van der Waals surface area contributed by atoms with Gasteiger partial charge in [0.05, 0.1) is 16.6 Å². The average Bonchev–Trinajstić information content (AvgIpc) is 2.36. The predicted molar refractivity (Wildman–Crippen MR) is 82.4 cm³/mol. The Morgan fingerprint density at radius 3 is 2.38 bits per heavy atom. The molecule has 0 amide bonds. The molecular formula is C15H24N2O3S. The van der Waals surface area contributed by atoms with Gasteiger partial charge in [0.1, 0.15) is 0 Å². The van der Waals surface area contributed by atoms with Crippen LogP contribution in [0.3, 0.4) is 0 Å². The van der Waals surface area contributed by atoms with Gasteiger partial charge >= 0.3 is 0 Å². The molecule has 0 aromatic heterocycles. The summed E-state index contributed by atoms with van der Waals surface area (Å²) in [5.74, 6) is 0. The van der Waals surface area contributed by atoms with Crippen molar-refractivity contribution in [1.29, 1.82) is 0 Å². The van der Waals surface area contributed by atoms with E-state index in [-0.39, 0.29) is 12.1 Å². The van der Waals surface area contributed by atoms with Crippen LogP contribution in [0, 0.1) is 0 Å². The Balaban J connectivity index is 2.29. The van der Waals surface area contributed by atoms with E-state index in [0.717, 1.165) is 5.56 Å². The maximum absolute atomic E-state index is 12.7. The van der Waals surface area contributed by atoms with E-state index in [4.69, 9.17) is 10.5 Å². The zero-order valence-electron chi connectivity index (χ0n) is 13.0. The lowest BCUT2D eigenvalue weighted by Crippen LogP contribution is -2.53. The van der Waals surface area contributed by atoms with Crippen molar-refractivity contribution in [3.05, 3.63) is 29.8 Å². The molecular weight excluding hydrogens is 288 g/mol. The zero-order valence-corrected chi connectivity index (χ0v) is 13.9. The molecule has 1 fully saturated rings. The van der Waals surface area contributed by atoms with E-state index in [2.05, 4.69) is 0 Å². The van der Waals surface area contributed by atoms with E-state index in [9.17, 15) is 8.42 Å². The highest BCUT2D eigenvalue weighted by Crippen LogP contribution is 2.26. The number of hydrogen-bond donors (Lipinski definition) is 1. The van der Waals surface area contributed by atoms with Gasteiger partial charge in [0.2, 0.25) is 10.0 Å². The van der Waals surface area contributed by atoms with Crippen molar-refractivity contribution in [2.24, 2.45) is 5.73 Å². The predicted octanol–water partition coefficient (Wildman–Crippen LogP) is 1.89. The lowest BCUT2D eigenvalue weighted by atomic mass is 10.1. The summed E-state index contributed by atoms with van der Waals surface area (Å²) in [7, 11) is -3.50. The van der Waals surface area contributed by atoms with Crippen LogP contribution in [-0.4, -0.2) is 37.5 Å². The number of rotatable bonds is 3. The Morgan fingerprint density at radius 2 is 1.90 bits per heavy atom. The molecule has 2 rings (SSSR count). The first kappa shape index (κ1) is 16.4. The molecule has 1 aromatic carbocycles. The number of ether oxygens (including phenoxy) is 1. The monoisotopic (exact) mass is 312 g/mol. The van der Waals surface area contributed by atoms with E-state index in [1.54, 1.807) is 24.3 Å². The maximum Gasteiger partial charge on any atom is 0.243 e. The summed E-state index contributed by atoms with van der Waals surface area (Å²) in [5.41, 5.74) is 6.24. The normalized spacial score (nSPS) is 24.7. The second-order valence-corrected chi connectivity index (χ2v) is 8.28. The van der Waals surface area contributed by atoms with Crippen molar-refractivity contribution in [3.63, 3.8) is 0 Å². The fraction of sp³-hybridized carbons (Fsp3) is 0.600.